The fourth-order valence-electron chi connectivity index (χ4n) is 1.72. The molecule has 0 aliphatic rings. The Bertz CT molecular complexity index is 833. The Morgan fingerprint density at radius 1 is 1.41 bits per heavy atom. The number of nitro groups is 1. The van der Waals surface area contributed by atoms with Crippen molar-refractivity contribution in [2.75, 3.05) is 0 Å². The Morgan fingerprint density at radius 2 is 2.09 bits per heavy atom. The number of nitro benzene ring substituents is 1. The number of nitrogens with one attached hydrogen (secondary N) is 1. The van der Waals surface area contributed by atoms with Crippen LogP contribution in [0.1, 0.15) is 16.1 Å². The molecule has 0 atom stereocenters. The highest BCUT2D eigenvalue weighted by molar-refractivity contribution is 7.89. The number of aryl methyl sites for hydroxylation is 1. The first-order valence-electron chi connectivity index (χ1n) is 6.05. The number of benzene rings is 1. The van der Waals surface area contributed by atoms with Crippen molar-refractivity contribution in [3.63, 3.8) is 0 Å². The average molecular weight is 345 g/mol. The Kier molecular flexibility index (Phi) is 4.54. The van der Waals surface area contributed by atoms with Gasteiger partial charge in [-0.2, -0.15) is 0 Å². The van der Waals surface area contributed by atoms with E-state index in [9.17, 15) is 22.9 Å². The Labute approximate surface area is 130 Å². The molecule has 118 valence electrons. The lowest BCUT2D eigenvalue weighted by Crippen LogP contribution is -2.23. The summed E-state index contributed by atoms with van der Waals surface area (Å²) in [6.07, 6.45) is 0. The molecule has 22 heavy (non-hydrogen) atoms. The first-order valence-corrected chi connectivity index (χ1v) is 8.42. The molecule has 1 N–H and O–H groups in total. The summed E-state index contributed by atoms with van der Waals surface area (Å²) in [5, 5.41) is 10.9. The first-order chi connectivity index (χ1) is 10.2. The molecule has 1 aromatic heterocycles. The van der Waals surface area contributed by atoms with E-state index in [1.807, 2.05) is 0 Å². The second kappa shape index (κ2) is 6.07. The van der Waals surface area contributed by atoms with Gasteiger partial charge in [0.2, 0.25) is 10.0 Å². The topological polar surface area (TPSA) is 102 Å². The van der Waals surface area contributed by atoms with Crippen molar-refractivity contribution < 1.29 is 17.7 Å². The molecule has 1 aromatic carbocycles. The smallest absolute Gasteiger partial charge is 0.258 e. The van der Waals surface area contributed by atoms with Gasteiger partial charge in [-0.1, -0.05) is 0 Å². The third kappa shape index (κ3) is 3.29. The SMILES string of the molecule is Cc1ncsc1CNS(=O)(=O)c1cc(F)c(C)c([N+](=O)[O-])c1. The van der Waals surface area contributed by atoms with Gasteiger partial charge in [-0.3, -0.25) is 10.1 Å². The minimum atomic E-state index is -4.06. The van der Waals surface area contributed by atoms with Crippen molar-refractivity contribution in [1.82, 2.24) is 9.71 Å². The molecule has 0 saturated carbocycles. The van der Waals surface area contributed by atoms with Crippen LogP contribution in [0.3, 0.4) is 0 Å². The van der Waals surface area contributed by atoms with Gasteiger partial charge in [0.1, 0.15) is 5.82 Å². The summed E-state index contributed by atoms with van der Waals surface area (Å²) >= 11 is 1.28. The average Bonchev–Trinajstić information content (AvgIpc) is 2.84. The normalized spacial score (nSPS) is 11.6. The third-order valence-electron chi connectivity index (χ3n) is 3.07. The van der Waals surface area contributed by atoms with Crippen LogP contribution < -0.4 is 4.72 Å². The number of sulfonamides is 1. The van der Waals surface area contributed by atoms with Crippen LogP contribution in [0.25, 0.3) is 0 Å². The Balaban J connectivity index is 2.33. The van der Waals surface area contributed by atoms with Crippen LogP contribution in [0.15, 0.2) is 22.5 Å². The van der Waals surface area contributed by atoms with E-state index in [4.69, 9.17) is 0 Å². The summed E-state index contributed by atoms with van der Waals surface area (Å²) in [6.45, 7) is 2.94. The zero-order valence-electron chi connectivity index (χ0n) is 11.7. The van der Waals surface area contributed by atoms with Gasteiger partial charge >= 0.3 is 0 Å². The molecule has 0 saturated heterocycles. The largest absolute Gasteiger partial charge is 0.276 e. The number of hydrogen-bond acceptors (Lipinski definition) is 6. The van der Waals surface area contributed by atoms with Gasteiger partial charge in [0.15, 0.2) is 0 Å². The summed E-state index contributed by atoms with van der Waals surface area (Å²) in [5.41, 5.74) is 1.49. The fourth-order valence-corrected chi connectivity index (χ4v) is 3.56. The molecule has 0 spiro atoms. The molecule has 10 heteroatoms. The Morgan fingerprint density at radius 3 is 2.64 bits per heavy atom. The lowest BCUT2D eigenvalue weighted by atomic mass is 10.2. The van der Waals surface area contributed by atoms with Gasteiger partial charge in [0.25, 0.3) is 5.69 Å². The molecule has 0 radical (unpaired) electrons. The predicted octanol–water partition coefficient (Wildman–Crippen LogP) is 2.29. The molecule has 0 bridgehead atoms. The number of nitrogens with zero attached hydrogens (tertiary/aromatic N) is 2. The molecule has 0 fully saturated rings. The van der Waals surface area contributed by atoms with Crippen LogP contribution in [0.5, 0.6) is 0 Å². The molecule has 1 heterocycles. The van der Waals surface area contributed by atoms with Crippen molar-refractivity contribution in [1.29, 1.82) is 0 Å². The number of thiazole rings is 1. The van der Waals surface area contributed by atoms with Crippen LogP contribution in [-0.4, -0.2) is 18.3 Å². The zero-order chi connectivity index (χ0) is 16.5. The second-order valence-corrected chi connectivity index (χ2v) is 7.20. The highest BCUT2D eigenvalue weighted by atomic mass is 32.2. The molecular formula is C12H12FN3O4S2. The van der Waals surface area contributed by atoms with Crippen molar-refractivity contribution in [3.8, 4) is 0 Å². The number of aromatic nitrogens is 1. The van der Waals surface area contributed by atoms with Crippen LogP contribution in [0.2, 0.25) is 0 Å². The molecule has 0 aliphatic carbocycles. The summed E-state index contributed by atoms with van der Waals surface area (Å²) in [6, 6.07) is 1.62. The van der Waals surface area contributed by atoms with E-state index >= 15 is 0 Å². The summed E-state index contributed by atoms with van der Waals surface area (Å²) in [5.74, 6) is -0.941. The van der Waals surface area contributed by atoms with Crippen LogP contribution in [0.4, 0.5) is 10.1 Å². The quantitative estimate of drug-likeness (QED) is 0.661. The van der Waals surface area contributed by atoms with Gasteiger partial charge in [-0.25, -0.2) is 22.5 Å². The van der Waals surface area contributed by atoms with E-state index in [2.05, 4.69) is 9.71 Å². The van der Waals surface area contributed by atoms with Crippen LogP contribution >= 0.6 is 11.3 Å². The van der Waals surface area contributed by atoms with Crippen LogP contribution in [-0.2, 0) is 16.6 Å². The van der Waals surface area contributed by atoms with Crippen molar-refractivity contribution >= 4 is 27.0 Å². The van der Waals surface area contributed by atoms with E-state index in [-0.39, 0.29) is 12.1 Å². The van der Waals surface area contributed by atoms with Crippen LogP contribution in [0, 0.1) is 29.8 Å². The molecule has 7 nitrogen and oxygen atoms in total. The van der Waals surface area contributed by atoms with Gasteiger partial charge < -0.3 is 0 Å². The maximum Gasteiger partial charge on any atom is 0.276 e. The van der Waals surface area contributed by atoms with Gasteiger partial charge in [-0.05, 0) is 19.9 Å². The van der Waals surface area contributed by atoms with Crippen molar-refractivity contribution in [3.05, 3.63) is 49.7 Å². The number of hydrogen-bond donors (Lipinski definition) is 1. The lowest BCUT2D eigenvalue weighted by molar-refractivity contribution is -0.385. The zero-order valence-corrected chi connectivity index (χ0v) is 13.3. The van der Waals surface area contributed by atoms with E-state index in [1.54, 1.807) is 12.4 Å². The van der Waals surface area contributed by atoms with Gasteiger partial charge in [0, 0.05) is 17.5 Å². The molecule has 0 amide bonds. The van der Waals surface area contributed by atoms with Crippen molar-refractivity contribution in [2.24, 2.45) is 0 Å². The van der Waals surface area contributed by atoms with E-state index in [0.717, 1.165) is 12.1 Å². The number of halogens is 1. The molecular weight excluding hydrogens is 333 g/mol. The summed E-state index contributed by atoms with van der Waals surface area (Å²) in [7, 11) is -4.06. The molecule has 0 unspecified atom stereocenters. The number of rotatable bonds is 5. The fraction of sp³-hybridized carbons (Fsp3) is 0.250. The predicted molar refractivity (Wildman–Crippen MR) is 78.7 cm³/mol. The standard InChI is InChI=1S/C12H12FN3O4S2/c1-7-10(13)3-9(4-11(7)16(17)18)22(19,20)15-5-12-8(2)14-6-21-12/h3-4,6,15H,5H2,1-2H3. The lowest BCUT2D eigenvalue weighted by Gasteiger charge is -2.08. The van der Waals surface area contributed by atoms with E-state index < -0.39 is 31.3 Å². The molecule has 2 rings (SSSR count). The Hall–Kier alpha value is -1.91. The first kappa shape index (κ1) is 16.5. The minimum Gasteiger partial charge on any atom is -0.258 e. The third-order valence-corrected chi connectivity index (χ3v) is 5.38. The summed E-state index contributed by atoms with van der Waals surface area (Å²) in [4.78, 5) is 14.3. The molecule has 0 aliphatic heterocycles. The second-order valence-electron chi connectivity index (χ2n) is 4.49. The van der Waals surface area contributed by atoms with Crippen molar-refractivity contribution in [2.45, 2.75) is 25.3 Å². The van der Waals surface area contributed by atoms with E-state index in [1.165, 1.54) is 18.3 Å². The molecule has 2 aromatic rings. The monoisotopic (exact) mass is 345 g/mol. The van der Waals surface area contributed by atoms with E-state index in [0.29, 0.717) is 10.6 Å². The maximum atomic E-state index is 13.7. The van der Waals surface area contributed by atoms with Gasteiger partial charge in [0.05, 0.1) is 26.6 Å². The van der Waals surface area contributed by atoms with Gasteiger partial charge in [-0.15, -0.1) is 11.3 Å². The highest BCUT2D eigenvalue weighted by Crippen LogP contribution is 2.25. The minimum absolute atomic E-state index is 0.0118. The highest BCUT2D eigenvalue weighted by Gasteiger charge is 2.23. The summed E-state index contributed by atoms with van der Waals surface area (Å²) < 4.78 is 40.3. The maximum absolute atomic E-state index is 13.7.